The van der Waals surface area contributed by atoms with Crippen molar-refractivity contribution < 1.29 is 14.3 Å². The Hall–Kier alpha value is -2.62. The van der Waals surface area contributed by atoms with Crippen LogP contribution in [0, 0.1) is 0 Å². The van der Waals surface area contributed by atoms with E-state index in [1.54, 1.807) is 48.4 Å². The zero-order chi connectivity index (χ0) is 15.1. The van der Waals surface area contributed by atoms with Crippen molar-refractivity contribution in [3.8, 4) is 5.75 Å². The van der Waals surface area contributed by atoms with Gasteiger partial charge in [0.2, 0.25) is 0 Å². The number of fused-ring (bicyclic) bond motifs is 2. The van der Waals surface area contributed by atoms with Crippen molar-refractivity contribution in [2.75, 3.05) is 26.1 Å². The molecule has 0 bridgehead atoms. The van der Waals surface area contributed by atoms with Crippen LogP contribution in [0.1, 0.15) is 31.8 Å². The van der Waals surface area contributed by atoms with Crippen molar-refractivity contribution in [1.82, 2.24) is 0 Å². The quantitative estimate of drug-likeness (QED) is 0.724. The Kier molecular flexibility index (Phi) is 3.01. The average molecular weight is 281 g/mol. The summed E-state index contributed by atoms with van der Waals surface area (Å²) in [5, 5.41) is 0. The van der Waals surface area contributed by atoms with Gasteiger partial charge in [-0.05, 0) is 12.1 Å². The van der Waals surface area contributed by atoms with Crippen LogP contribution in [0.5, 0.6) is 5.75 Å². The van der Waals surface area contributed by atoms with Gasteiger partial charge in [-0.2, -0.15) is 0 Å². The number of benzene rings is 2. The van der Waals surface area contributed by atoms with Crippen molar-refractivity contribution in [1.29, 1.82) is 0 Å². The zero-order valence-electron chi connectivity index (χ0n) is 12.1. The van der Waals surface area contributed by atoms with Gasteiger partial charge in [-0.3, -0.25) is 9.59 Å². The lowest BCUT2D eigenvalue weighted by molar-refractivity contribution is 0.0979. The Bertz CT molecular complexity index is 763. The highest BCUT2D eigenvalue weighted by Crippen LogP contribution is 2.38. The molecule has 0 atom stereocenters. The van der Waals surface area contributed by atoms with Gasteiger partial charge < -0.3 is 9.64 Å². The molecule has 0 aromatic heterocycles. The molecule has 0 N–H and O–H groups in total. The zero-order valence-corrected chi connectivity index (χ0v) is 12.1. The number of ether oxygens (including phenoxy) is 1. The first-order valence-corrected chi connectivity index (χ1v) is 6.63. The minimum Gasteiger partial charge on any atom is -0.495 e. The average Bonchev–Trinajstić information content (AvgIpc) is 2.51. The van der Waals surface area contributed by atoms with E-state index in [2.05, 4.69) is 0 Å². The lowest BCUT2D eigenvalue weighted by atomic mass is 9.83. The summed E-state index contributed by atoms with van der Waals surface area (Å²) in [6.45, 7) is 0. The number of ketones is 2. The first kappa shape index (κ1) is 13.4. The van der Waals surface area contributed by atoms with Crippen molar-refractivity contribution in [3.63, 3.8) is 0 Å². The van der Waals surface area contributed by atoms with E-state index in [0.29, 0.717) is 33.7 Å². The van der Waals surface area contributed by atoms with Gasteiger partial charge >= 0.3 is 0 Å². The molecule has 0 aliphatic heterocycles. The maximum absolute atomic E-state index is 12.8. The van der Waals surface area contributed by atoms with Gasteiger partial charge in [-0.25, -0.2) is 0 Å². The van der Waals surface area contributed by atoms with Gasteiger partial charge in [-0.15, -0.1) is 0 Å². The Morgan fingerprint density at radius 3 is 2.05 bits per heavy atom. The molecule has 2 aromatic carbocycles. The van der Waals surface area contributed by atoms with E-state index < -0.39 is 0 Å². The maximum Gasteiger partial charge on any atom is 0.196 e. The van der Waals surface area contributed by atoms with E-state index in [0.717, 1.165) is 0 Å². The largest absolute Gasteiger partial charge is 0.495 e. The molecule has 0 heterocycles. The maximum atomic E-state index is 12.8. The fourth-order valence-corrected chi connectivity index (χ4v) is 2.76. The summed E-state index contributed by atoms with van der Waals surface area (Å²) in [5.41, 5.74) is 2.41. The lowest BCUT2D eigenvalue weighted by Gasteiger charge is -2.25. The predicted octanol–water partition coefficient (Wildman–Crippen LogP) is 2.54. The summed E-state index contributed by atoms with van der Waals surface area (Å²) in [5.74, 6) is 0.327. The highest BCUT2D eigenvalue weighted by atomic mass is 16.5. The highest BCUT2D eigenvalue weighted by Gasteiger charge is 2.33. The molecular formula is C17H15NO3. The van der Waals surface area contributed by atoms with Crippen LogP contribution in [0.15, 0.2) is 36.4 Å². The van der Waals surface area contributed by atoms with E-state index in [1.807, 2.05) is 14.1 Å². The molecule has 4 nitrogen and oxygen atoms in total. The molecule has 1 aliphatic rings. The third kappa shape index (κ3) is 1.83. The first-order chi connectivity index (χ1) is 10.1. The molecule has 2 aromatic rings. The van der Waals surface area contributed by atoms with Crippen LogP contribution < -0.4 is 9.64 Å². The second kappa shape index (κ2) is 4.74. The van der Waals surface area contributed by atoms with Crippen LogP contribution in [-0.4, -0.2) is 32.8 Å². The second-order valence-corrected chi connectivity index (χ2v) is 5.14. The van der Waals surface area contributed by atoms with Gasteiger partial charge in [0.1, 0.15) is 5.75 Å². The predicted molar refractivity (Wildman–Crippen MR) is 80.6 cm³/mol. The standard InChI is InChI=1S/C17H15NO3/c1-18(2)15-13(21-3)9-8-12-14(15)17(20)11-7-5-4-6-10(11)16(12)19/h4-9H,1-3H3. The van der Waals surface area contributed by atoms with Crippen LogP contribution in [0.25, 0.3) is 0 Å². The molecule has 106 valence electrons. The summed E-state index contributed by atoms with van der Waals surface area (Å²) < 4.78 is 5.34. The molecule has 4 heteroatoms. The van der Waals surface area contributed by atoms with Gasteiger partial charge in [0, 0.05) is 30.8 Å². The normalized spacial score (nSPS) is 12.7. The molecule has 1 aliphatic carbocycles. The molecule has 3 rings (SSSR count). The fraction of sp³-hybridized carbons (Fsp3) is 0.176. The van der Waals surface area contributed by atoms with Gasteiger partial charge in [-0.1, -0.05) is 24.3 Å². The number of carbonyl (C=O) groups is 2. The van der Waals surface area contributed by atoms with Gasteiger partial charge in [0.25, 0.3) is 0 Å². The van der Waals surface area contributed by atoms with Crippen LogP contribution >= 0.6 is 0 Å². The number of hydrogen-bond donors (Lipinski definition) is 0. The third-order valence-electron chi connectivity index (χ3n) is 3.70. The van der Waals surface area contributed by atoms with Crippen molar-refractivity contribution >= 4 is 17.3 Å². The number of methoxy groups -OCH3 is 1. The Morgan fingerprint density at radius 2 is 1.48 bits per heavy atom. The minimum atomic E-state index is -0.136. The molecule has 0 spiro atoms. The molecule has 0 unspecified atom stereocenters. The third-order valence-corrected chi connectivity index (χ3v) is 3.70. The molecule has 21 heavy (non-hydrogen) atoms. The highest BCUT2D eigenvalue weighted by molar-refractivity contribution is 6.30. The number of anilines is 1. The van der Waals surface area contributed by atoms with E-state index in [9.17, 15) is 9.59 Å². The van der Waals surface area contributed by atoms with Crippen LogP contribution in [0.3, 0.4) is 0 Å². The second-order valence-electron chi connectivity index (χ2n) is 5.14. The van der Waals surface area contributed by atoms with E-state index >= 15 is 0 Å². The summed E-state index contributed by atoms with van der Waals surface area (Å²) in [6, 6.07) is 10.3. The SMILES string of the molecule is COc1ccc2c(c1N(C)C)C(=O)c1ccccc1C2=O. The summed E-state index contributed by atoms with van der Waals surface area (Å²) >= 11 is 0. The number of carbonyl (C=O) groups excluding carboxylic acids is 2. The molecule has 0 fully saturated rings. The van der Waals surface area contributed by atoms with Crippen molar-refractivity contribution in [2.24, 2.45) is 0 Å². The van der Waals surface area contributed by atoms with Crippen molar-refractivity contribution in [3.05, 3.63) is 58.7 Å². The van der Waals surface area contributed by atoms with E-state index in [1.165, 1.54) is 0 Å². The Labute approximate surface area is 123 Å². The van der Waals surface area contributed by atoms with Crippen molar-refractivity contribution in [2.45, 2.75) is 0 Å². The number of hydrogen-bond acceptors (Lipinski definition) is 4. The number of nitrogens with zero attached hydrogens (tertiary/aromatic N) is 1. The lowest BCUT2D eigenvalue weighted by Crippen LogP contribution is -2.25. The van der Waals surface area contributed by atoms with Gasteiger partial charge in [0.15, 0.2) is 11.6 Å². The minimum absolute atomic E-state index is 0.119. The fourth-order valence-electron chi connectivity index (χ4n) is 2.76. The number of rotatable bonds is 2. The molecule has 0 saturated heterocycles. The van der Waals surface area contributed by atoms with Crippen LogP contribution in [-0.2, 0) is 0 Å². The smallest absolute Gasteiger partial charge is 0.196 e. The monoisotopic (exact) mass is 281 g/mol. The summed E-state index contributed by atoms with van der Waals surface area (Å²) in [7, 11) is 5.21. The summed E-state index contributed by atoms with van der Waals surface area (Å²) in [6.07, 6.45) is 0. The van der Waals surface area contributed by atoms with E-state index in [-0.39, 0.29) is 11.6 Å². The van der Waals surface area contributed by atoms with Crippen LogP contribution in [0.2, 0.25) is 0 Å². The molecule has 0 radical (unpaired) electrons. The van der Waals surface area contributed by atoms with E-state index in [4.69, 9.17) is 4.74 Å². The Morgan fingerprint density at radius 1 is 0.857 bits per heavy atom. The topological polar surface area (TPSA) is 46.6 Å². The van der Waals surface area contributed by atoms with Gasteiger partial charge in [0.05, 0.1) is 18.4 Å². The first-order valence-electron chi connectivity index (χ1n) is 6.63. The molecule has 0 amide bonds. The molecular weight excluding hydrogens is 266 g/mol. The Balaban J connectivity index is 2.35. The molecule has 0 saturated carbocycles. The summed E-state index contributed by atoms with van der Waals surface area (Å²) in [4.78, 5) is 27.2. The van der Waals surface area contributed by atoms with Crippen LogP contribution in [0.4, 0.5) is 5.69 Å².